The number of hydrogen-bond acceptors (Lipinski definition) is 3. The van der Waals surface area contributed by atoms with E-state index in [9.17, 15) is 0 Å². The highest BCUT2D eigenvalue weighted by molar-refractivity contribution is 6.12. The van der Waals surface area contributed by atoms with Gasteiger partial charge in [-0.15, -0.1) is 0 Å². The van der Waals surface area contributed by atoms with Crippen molar-refractivity contribution in [1.29, 1.82) is 0 Å². The molecular formula is C12H27NO2Si. The highest BCUT2D eigenvalue weighted by atomic mass is 28.1. The van der Waals surface area contributed by atoms with Gasteiger partial charge in [0.1, 0.15) is 0 Å². The van der Waals surface area contributed by atoms with Gasteiger partial charge in [0.2, 0.25) is 0 Å². The molecule has 1 unspecified atom stereocenters. The molecule has 0 heterocycles. The second kappa shape index (κ2) is 8.23. The van der Waals surface area contributed by atoms with Crippen LogP contribution in [0.1, 0.15) is 46.0 Å². The summed E-state index contributed by atoms with van der Waals surface area (Å²) in [6, 6.07) is 0.694. The molecule has 0 aromatic carbocycles. The first-order valence-electron chi connectivity index (χ1n) is 6.77. The van der Waals surface area contributed by atoms with Crippen LogP contribution in [0.5, 0.6) is 0 Å². The second-order valence-electron chi connectivity index (χ2n) is 4.57. The van der Waals surface area contributed by atoms with Gasteiger partial charge in [0.25, 0.3) is 0 Å². The van der Waals surface area contributed by atoms with Crippen molar-refractivity contribution in [3.05, 3.63) is 0 Å². The molecule has 0 bridgehead atoms. The van der Waals surface area contributed by atoms with Gasteiger partial charge in [-0.25, -0.2) is 0 Å². The molecule has 1 fully saturated rings. The Labute approximate surface area is 103 Å². The Hall–Kier alpha value is 0.0969. The Bertz CT molecular complexity index is 168. The van der Waals surface area contributed by atoms with Crippen LogP contribution in [-0.2, 0) is 9.47 Å². The summed E-state index contributed by atoms with van der Waals surface area (Å²) in [5.41, 5.74) is 0.419. The first-order valence-corrected chi connectivity index (χ1v) is 7.92. The predicted octanol–water partition coefficient (Wildman–Crippen LogP) is 0.999. The van der Waals surface area contributed by atoms with Gasteiger partial charge in [0.15, 0.2) is 6.29 Å². The van der Waals surface area contributed by atoms with Crippen LogP contribution in [-0.4, -0.2) is 41.5 Å². The Kier molecular flexibility index (Phi) is 7.28. The molecule has 1 aliphatic rings. The summed E-state index contributed by atoms with van der Waals surface area (Å²) in [7, 11) is 1.07. The Balaban J connectivity index is 2.31. The molecule has 96 valence electrons. The van der Waals surface area contributed by atoms with Gasteiger partial charge in [-0.2, -0.15) is 0 Å². The molecule has 0 amide bonds. The topological polar surface area (TPSA) is 30.5 Å². The van der Waals surface area contributed by atoms with E-state index in [1.165, 1.54) is 32.1 Å². The smallest absolute Gasteiger partial charge is 0.168 e. The van der Waals surface area contributed by atoms with E-state index in [0.717, 1.165) is 23.5 Å². The molecule has 0 radical (unpaired) electrons. The Morgan fingerprint density at radius 2 is 1.69 bits per heavy atom. The standard InChI is InChI=1S/C12H27NO2Si/c1-3-14-12(15-4-2)11(16)13-10-8-6-5-7-9-10/h10-13H,3-9H2,1-2,16H3. The molecule has 3 nitrogen and oxygen atoms in total. The van der Waals surface area contributed by atoms with Gasteiger partial charge in [-0.1, -0.05) is 19.3 Å². The van der Waals surface area contributed by atoms with E-state index < -0.39 is 0 Å². The molecule has 0 saturated heterocycles. The van der Waals surface area contributed by atoms with E-state index in [1.807, 2.05) is 13.8 Å². The quantitative estimate of drug-likeness (QED) is 0.536. The van der Waals surface area contributed by atoms with Crippen LogP contribution in [0, 0.1) is 0 Å². The molecular weight excluding hydrogens is 218 g/mol. The van der Waals surface area contributed by atoms with E-state index >= 15 is 0 Å². The second-order valence-corrected chi connectivity index (χ2v) is 5.81. The fourth-order valence-corrected chi connectivity index (χ4v) is 3.24. The largest absolute Gasteiger partial charge is 0.352 e. The Morgan fingerprint density at radius 3 is 2.19 bits per heavy atom. The molecule has 16 heavy (non-hydrogen) atoms. The maximum absolute atomic E-state index is 5.64. The molecule has 4 heteroatoms. The third-order valence-electron chi connectivity index (χ3n) is 3.17. The van der Waals surface area contributed by atoms with Crippen LogP contribution in [0.25, 0.3) is 0 Å². The minimum Gasteiger partial charge on any atom is -0.352 e. The lowest BCUT2D eigenvalue weighted by Gasteiger charge is -2.31. The zero-order chi connectivity index (χ0) is 11.8. The van der Waals surface area contributed by atoms with Crippen LogP contribution >= 0.6 is 0 Å². The summed E-state index contributed by atoms with van der Waals surface area (Å²) in [5, 5.41) is 3.70. The van der Waals surface area contributed by atoms with Crippen LogP contribution in [0.4, 0.5) is 0 Å². The van der Waals surface area contributed by atoms with Crippen molar-refractivity contribution in [3.63, 3.8) is 0 Å². The van der Waals surface area contributed by atoms with Crippen molar-refractivity contribution in [2.45, 2.75) is 63.9 Å². The summed E-state index contributed by atoms with van der Waals surface area (Å²) in [4.78, 5) is 0. The lowest BCUT2D eigenvalue weighted by Crippen LogP contribution is -2.48. The fourth-order valence-electron chi connectivity index (χ4n) is 2.38. The third kappa shape index (κ3) is 4.95. The van der Waals surface area contributed by atoms with Crippen LogP contribution in [0.2, 0.25) is 0 Å². The minimum absolute atomic E-state index is 0.0383. The van der Waals surface area contributed by atoms with Crippen molar-refractivity contribution in [1.82, 2.24) is 5.32 Å². The van der Waals surface area contributed by atoms with E-state index in [2.05, 4.69) is 5.32 Å². The van der Waals surface area contributed by atoms with Crippen LogP contribution in [0.15, 0.2) is 0 Å². The van der Waals surface area contributed by atoms with Gasteiger partial charge in [0, 0.05) is 35.2 Å². The molecule has 0 aliphatic heterocycles. The monoisotopic (exact) mass is 245 g/mol. The molecule has 1 saturated carbocycles. The molecule has 1 rings (SSSR count). The van der Waals surface area contributed by atoms with Crippen molar-refractivity contribution in [3.8, 4) is 0 Å². The van der Waals surface area contributed by atoms with Crippen molar-refractivity contribution in [2.24, 2.45) is 0 Å². The van der Waals surface area contributed by atoms with Crippen LogP contribution < -0.4 is 5.32 Å². The molecule has 0 aromatic heterocycles. The number of hydrogen-bond donors (Lipinski definition) is 1. The lowest BCUT2D eigenvalue weighted by molar-refractivity contribution is -0.142. The average Bonchev–Trinajstić information content (AvgIpc) is 2.30. The maximum atomic E-state index is 5.64. The third-order valence-corrected chi connectivity index (χ3v) is 4.05. The fraction of sp³-hybridized carbons (Fsp3) is 1.00. The summed E-state index contributed by atoms with van der Waals surface area (Å²) >= 11 is 0. The van der Waals surface area contributed by atoms with Gasteiger partial charge in [-0.3, -0.25) is 0 Å². The van der Waals surface area contributed by atoms with E-state index in [-0.39, 0.29) is 6.29 Å². The summed E-state index contributed by atoms with van der Waals surface area (Å²) in [6.07, 6.45) is 6.76. The van der Waals surface area contributed by atoms with Crippen molar-refractivity contribution >= 4 is 10.2 Å². The summed E-state index contributed by atoms with van der Waals surface area (Å²) in [6.45, 7) is 5.52. The number of nitrogens with one attached hydrogen (secondary N) is 1. The lowest BCUT2D eigenvalue weighted by atomic mass is 9.95. The van der Waals surface area contributed by atoms with E-state index in [4.69, 9.17) is 9.47 Å². The normalized spacial score (nSPS) is 20.4. The van der Waals surface area contributed by atoms with E-state index in [0.29, 0.717) is 11.7 Å². The summed E-state index contributed by atoms with van der Waals surface area (Å²) < 4.78 is 11.3. The Morgan fingerprint density at radius 1 is 1.12 bits per heavy atom. The van der Waals surface area contributed by atoms with Gasteiger partial charge in [-0.05, 0) is 26.7 Å². The molecule has 1 aliphatic carbocycles. The average molecular weight is 245 g/mol. The predicted molar refractivity (Wildman–Crippen MR) is 70.8 cm³/mol. The highest BCUT2D eigenvalue weighted by Gasteiger charge is 2.21. The molecule has 1 atom stereocenters. The first-order chi connectivity index (χ1) is 7.77. The zero-order valence-electron chi connectivity index (χ0n) is 11.0. The highest BCUT2D eigenvalue weighted by Crippen LogP contribution is 2.18. The first kappa shape index (κ1) is 14.2. The van der Waals surface area contributed by atoms with Gasteiger partial charge in [0.05, 0.1) is 0 Å². The van der Waals surface area contributed by atoms with Gasteiger partial charge >= 0.3 is 0 Å². The summed E-state index contributed by atoms with van der Waals surface area (Å²) in [5.74, 6) is 0. The maximum Gasteiger partial charge on any atom is 0.168 e. The van der Waals surface area contributed by atoms with Crippen LogP contribution in [0.3, 0.4) is 0 Å². The zero-order valence-corrected chi connectivity index (χ0v) is 13.0. The van der Waals surface area contributed by atoms with E-state index in [1.54, 1.807) is 0 Å². The minimum atomic E-state index is -0.0383. The van der Waals surface area contributed by atoms with Crippen molar-refractivity contribution < 1.29 is 9.47 Å². The number of rotatable bonds is 7. The van der Waals surface area contributed by atoms with Crippen molar-refractivity contribution in [2.75, 3.05) is 13.2 Å². The SMILES string of the molecule is CCOC(OCC)C([SiH3])NC1CCCCC1. The van der Waals surface area contributed by atoms with Gasteiger partial charge < -0.3 is 14.8 Å². The molecule has 1 N–H and O–H groups in total. The molecule has 0 aromatic rings. The number of ether oxygens (including phenoxy) is 2. The molecule has 0 spiro atoms.